The SMILES string of the molecule is Nc1nc(OCc2cc(C(F)(F)F)cc(C(F)(F)F)c2)ncc1F. The van der Waals surface area contributed by atoms with Crippen LogP contribution in [0.15, 0.2) is 24.4 Å². The predicted octanol–water partition coefficient (Wildman–Crippen LogP) is 3.81. The minimum Gasteiger partial charge on any atom is -0.459 e. The Morgan fingerprint density at radius 3 is 1.96 bits per heavy atom. The second kappa shape index (κ2) is 6.13. The fraction of sp³-hybridized carbons (Fsp3) is 0.231. The van der Waals surface area contributed by atoms with E-state index < -0.39 is 53.3 Å². The number of alkyl halides is 6. The van der Waals surface area contributed by atoms with E-state index in [1.165, 1.54) is 0 Å². The lowest BCUT2D eigenvalue weighted by Crippen LogP contribution is -2.12. The van der Waals surface area contributed by atoms with Gasteiger partial charge in [-0.15, -0.1) is 0 Å². The Morgan fingerprint density at radius 2 is 1.50 bits per heavy atom. The Morgan fingerprint density at radius 1 is 0.958 bits per heavy atom. The van der Waals surface area contributed by atoms with Crippen LogP contribution in [0.1, 0.15) is 16.7 Å². The van der Waals surface area contributed by atoms with Gasteiger partial charge < -0.3 is 10.5 Å². The molecule has 24 heavy (non-hydrogen) atoms. The van der Waals surface area contributed by atoms with Crippen molar-refractivity contribution in [1.29, 1.82) is 0 Å². The monoisotopic (exact) mass is 355 g/mol. The summed E-state index contributed by atoms with van der Waals surface area (Å²) in [6, 6.07) is 0.514. The average Bonchev–Trinajstić information content (AvgIpc) is 2.46. The number of nitrogens with zero attached hydrogens (tertiary/aromatic N) is 2. The van der Waals surface area contributed by atoms with Gasteiger partial charge in [0.1, 0.15) is 6.61 Å². The number of benzene rings is 1. The molecule has 0 atom stereocenters. The van der Waals surface area contributed by atoms with E-state index in [0.29, 0.717) is 18.3 Å². The van der Waals surface area contributed by atoms with E-state index in [9.17, 15) is 30.7 Å². The zero-order valence-corrected chi connectivity index (χ0v) is 11.5. The number of hydrogen-bond acceptors (Lipinski definition) is 4. The molecule has 0 radical (unpaired) electrons. The third-order valence-corrected chi connectivity index (χ3v) is 2.76. The number of aromatic nitrogens is 2. The van der Waals surface area contributed by atoms with Crippen LogP contribution in [0.3, 0.4) is 0 Å². The van der Waals surface area contributed by atoms with Gasteiger partial charge in [-0.3, -0.25) is 0 Å². The lowest BCUT2D eigenvalue weighted by molar-refractivity contribution is -0.143. The van der Waals surface area contributed by atoms with Gasteiger partial charge in [0.05, 0.1) is 17.3 Å². The van der Waals surface area contributed by atoms with Crippen LogP contribution in [0.4, 0.5) is 36.6 Å². The molecule has 0 saturated carbocycles. The molecule has 0 aliphatic rings. The molecule has 0 aliphatic heterocycles. The number of halogens is 7. The van der Waals surface area contributed by atoms with Crippen molar-refractivity contribution in [3.8, 4) is 6.01 Å². The second-order valence-corrected chi connectivity index (χ2v) is 4.59. The third kappa shape index (κ3) is 4.24. The normalized spacial score (nSPS) is 12.3. The zero-order chi connectivity index (χ0) is 18.1. The highest BCUT2D eigenvalue weighted by molar-refractivity contribution is 5.34. The Bertz CT molecular complexity index is 711. The van der Waals surface area contributed by atoms with E-state index in [1.807, 2.05) is 0 Å². The number of anilines is 1. The Hall–Kier alpha value is -2.59. The minimum atomic E-state index is -4.97. The zero-order valence-electron chi connectivity index (χ0n) is 11.5. The second-order valence-electron chi connectivity index (χ2n) is 4.59. The van der Waals surface area contributed by atoms with Crippen LogP contribution in [0.5, 0.6) is 6.01 Å². The molecule has 1 aromatic heterocycles. The minimum absolute atomic E-state index is 0.00409. The fourth-order valence-electron chi connectivity index (χ4n) is 1.68. The summed E-state index contributed by atoms with van der Waals surface area (Å²) >= 11 is 0. The number of ether oxygens (including phenoxy) is 1. The molecule has 11 heteroatoms. The van der Waals surface area contributed by atoms with Gasteiger partial charge in [0.15, 0.2) is 11.6 Å². The van der Waals surface area contributed by atoms with Gasteiger partial charge in [-0.2, -0.15) is 31.3 Å². The molecule has 0 fully saturated rings. The average molecular weight is 355 g/mol. The smallest absolute Gasteiger partial charge is 0.416 e. The topological polar surface area (TPSA) is 61.0 Å². The summed E-state index contributed by atoms with van der Waals surface area (Å²) in [6.07, 6.45) is -9.27. The first-order valence-corrected chi connectivity index (χ1v) is 6.16. The van der Waals surface area contributed by atoms with Gasteiger partial charge in [0.2, 0.25) is 0 Å². The van der Waals surface area contributed by atoms with E-state index in [1.54, 1.807) is 0 Å². The molecule has 0 aliphatic carbocycles. The van der Waals surface area contributed by atoms with Crippen LogP contribution >= 0.6 is 0 Å². The van der Waals surface area contributed by atoms with Gasteiger partial charge >= 0.3 is 18.4 Å². The molecule has 2 aromatic rings. The van der Waals surface area contributed by atoms with Crippen LogP contribution in [0.25, 0.3) is 0 Å². The highest BCUT2D eigenvalue weighted by Crippen LogP contribution is 2.36. The number of nitrogens with two attached hydrogens (primary N) is 1. The molecule has 0 bridgehead atoms. The van der Waals surface area contributed by atoms with Crippen LogP contribution in [0.2, 0.25) is 0 Å². The summed E-state index contributed by atoms with van der Waals surface area (Å²) in [7, 11) is 0. The van der Waals surface area contributed by atoms with Gasteiger partial charge in [0, 0.05) is 0 Å². The van der Waals surface area contributed by atoms with Gasteiger partial charge in [-0.1, -0.05) is 0 Å². The van der Waals surface area contributed by atoms with Crippen molar-refractivity contribution < 1.29 is 35.5 Å². The van der Waals surface area contributed by atoms with Crippen LogP contribution in [-0.2, 0) is 19.0 Å². The number of hydrogen-bond donors (Lipinski definition) is 1. The van der Waals surface area contributed by atoms with Crippen LogP contribution < -0.4 is 10.5 Å². The summed E-state index contributed by atoms with van der Waals surface area (Å²) in [5.74, 6) is -1.51. The molecule has 0 spiro atoms. The van der Waals surface area contributed by atoms with E-state index in [2.05, 4.69) is 9.97 Å². The molecule has 1 aromatic carbocycles. The van der Waals surface area contributed by atoms with E-state index in [-0.39, 0.29) is 6.07 Å². The first-order chi connectivity index (χ1) is 11.0. The summed E-state index contributed by atoms with van der Waals surface area (Å²) in [4.78, 5) is 6.72. The Balaban J connectivity index is 2.30. The summed E-state index contributed by atoms with van der Waals surface area (Å²) in [6.45, 7) is -0.696. The highest BCUT2D eigenvalue weighted by atomic mass is 19.4. The predicted molar refractivity (Wildman–Crippen MR) is 67.2 cm³/mol. The van der Waals surface area contributed by atoms with Gasteiger partial charge in [-0.25, -0.2) is 9.37 Å². The molecule has 130 valence electrons. The van der Waals surface area contributed by atoms with Crippen molar-refractivity contribution in [2.24, 2.45) is 0 Å². The van der Waals surface area contributed by atoms with Crippen molar-refractivity contribution >= 4 is 5.82 Å². The first-order valence-electron chi connectivity index (χ1n) is 6.16. The molecule has 0 amide bonds. The maximum atomic E-state index is 12.9. The van der Waals surface area contributed by atoms with Crippen molar-refractivity contribution in [1.82, 2.24) is 9.97 Å². The molecule has 4 nitrogen and oxygen atoms in total. The largest absolute Gasteiger partial charge is 0.459 e. The lowest BCUT2D eigenvalue weighted by atomic mass is 10.1. The first kappa shape index (κ1) is 17.8. The molecule has 2 N–H and O–H groups in total. The van der Waals surface area contributed by atoms with Crippen molar-refractivity contribution in [2.75, 3.05) is 5.73 Å². The van der Waals surface area contributed by atoms with Gasteiger partial charge in [0.25, 0.3) is 0 Å². The summed E-state index contributed by atoms with van der Waals surface area (Å²) < 4.78 is 94.0. The number of nitrogen functional groups attached to an aromatic ring is 1. The molecule has 2 rings (SSSR count). The molecular formula is C13H8F7N3O. The maximum Gasteiger partial charge on any atom is 0.416 e. The summed E-state index contributed by atoms with van der Waals surface area (Å²) in [5.41, 5.74) is 1.78. The molecule has 1 heterocycles. The number of rotatable bonds is 3. The van der Waals surface area contributed by atoms with Gasteiger partial charge in [-0.05, 0) is 23.8 Å². The highest BCUT2D eigenvalue weighted by Gasteiger charge is 2.36. The quantitative estimate of drug-likeness (QED) is 0.851. The molecule has 0 saturated heterocycles. The van der Waals surface area contributed by atoms with Crippen molar-refractivity contribution in [3.05, 3.63) is 46.9 Å². The molecule has 0 unspecified atom stereocenters. The summed E-state index contributed by atoms with van der Waals surface area (Å²) in [5, 5.41) is 0. The fourth-order valence-corrected chi connectivity index (χ4v) is 1.68. The van der Waals surface area contributed by atoms with Crippen molar-refractivity contribution in [3.63, 3.8) is 0 Å². The Labute approximate surface area is 130 Å². The van der Waals surface area contributed by atoms with E-state index in [0.717, 1.165) is 0 Å². The van der Waals surface area contributed by atoms with E-state index in [4.69, 9.17) is 10.5 Å². The lowest BCUT2D eigenvalue weighted by Gasteiger charge is -2.14. The maximum absolute atomic E-state index is 12.9. The standard InChI is InChI=1S/C13H8F7N3O/c14-9-4-22-11(23-10(9)21)24-5-6-1-7(12(15,16)17)3-8(2-6)13(18,19)20/h1-4H,5H2,(H2,21,22,23). The molecular weight excluding hydrogens is 347 g/mol. The van der Waals surface area contributed by atoms with Crippen LogP contribution in [-0.4, -0.2) is 9.97 Å². The van der Waals surface area contributed by atoms with E-state index >= 15 is 0 Å². The Kier molecular flexibility index (Phi) is 4.54. The van der Waals surface area contributed by atoms with Crippen molar-refractivity contribution in [2.45, 2.75) is 19.0 Å². The van der Waals surface area contributed by atoms with Crippen LogP contribution in [0, 0.1) is 5.82 Å². The third-order valence-electron chi connectivity index (χ3n) is 2.76.